The predicted octanol–water partition coefficient (Wildman–Crippen LogP) is 10.2. The van der Waals surface area contributed by atoms with E-state index in [2.05, 4.69) is 61.5 Å². The Balaban J connectivity index is 1.07. The minimum absolute atomic E-state index is 0.0540. The second kappa shape index (κ2) is 27.2. The van der Waals surface area contributed by atoms with Crippen LogP contribution in [0.3, 0.4) is 0 Å². The third kappa shape index (κ3) is 16.3. The molecule has 58 heavy (non-hydrogen) atoms. The molecule has 14 heteroatoms. The molecule has 1 fully saturated rings. The summed E-state index contributed by atoms with van der Waals surface area (Å²) in [7, 11) is 1.67. The average Bonchev–Trinajstić information content (AvgIpc) is 3.65. The van der Waals surface area contributed by atoms with Crippen molar-refractivity contribution in [3.05, 3.63) is 40.4 Å². The molecule has 1 aromatic carbocycles. The van der Waals surface area contributed by atoms with Crippen molar-refractivity contribution in [2.24, 2.45) is 5.11 Å². The van der Waals surface area contributed by atoms with Crippen LogP contribution in [-0.4, -0.2) is 82.8 Å². The van der Waals surface area contributed by atoms with Gasteiger partial charge >= 0.3 is 0 Å². The van der Waals surface area contributed by atoms with E-state index in [1.807, 2.05) is 17.2 Å². The molecule has 0 unspecified atom stereocenters. The van der Waals surface area contributed by atoms with Crippen molar-refractivity contribution < 1.29 is 14.3 Å². The third-order valence-electron chi connectivity index (χ3n) is 11.1. The van der Waals surface area contributed by atoms with Crippen molar-refractivity contribution in [3.63, 3.8) is 0 Å². The number of ether oxygens (including phenoxy) is 1. The van der Waals surface area contributed by atoms with Crippen molar-refractivity contribution in [3.8, 4) is 5.75 Å². The summed E-state index contributed by atoms with van der Waals surface area (Å²) in [6.07, 6.45) is 26.4. The molecular weight excluding hydrogens is 731 g/mol. The molecule has 2 N–H and O–H groups in total. The number of benzene rings is 1. The van der Waals surface area contributed by atoms with Gasteiger partial charge in [0.2, 0.25) is 17.8 Å². The molecule has 2 amide bonds. The number of methoxy groups -OCH3 is 1. The molecule has 0 spiro atoms. The first-order valence-corrected chi connectivity index (χ1v) is 22.5. The summed E-state index contributed by atoms with van der Waals surface area (Å²) < 4.78 is 7.60. The molecule has 2 aromatic heterocycles. The molecule has 1 saturated heterocycles. The summed E-state index contributed by atoms with van der Waals surface area (Å²) >= 11 is 0. The van der Waals surface area contributed by atoms with Crippen LogP contribution in [0.1, 0.15) is 154 Å². The topological polar surface area (TPSA) is 166 Å². The highest BCUT2D eigenvalue weighted by Crippen LogP contribution is 2.29. The second-order valence-corrected chi connectivity index (χ2v) is 15.8. The largest absolute Gasteiger partial charge is 0.496 e. The maximum Gasteiger partial charge on any atom is 0.222 e. The molecule has 0 atom stereocenters. The number of carbonyl (C=O) groups excluding carboxylic acids is 2. The monoisotopic (exact) mass is 802 g/mol. The quantitative estimate of drug-likeness (QED) is 0.0291. The van der Waals surface area contributed by atoms with E-state index in [0.29, 0.717) is 55.9 Å². The highest BCUT2D eigenvalue weighted by Gasteiger charge is 2.22. The first-order chi connectivity index (χ1) is 28.4. The van der Waals surface area contributed by atoms with Gasteiger partial charge in [0.15, 0.2) is 11.3 Å². The number of nitrogens with zero attached hydrogens (tertiary/aromatic N) is 9. The fourth-order valence-electron chi connectivity index (χ4n) is 7.60. The summed E-state index contributed by atoms with van der Waals surface area (Å²) in [5, 5.41) is 14.7. The van der Waals surface area contributed by atoms with Crippen molar-refractivity contribution in [1.29, 1.82) is 0 Å². The van der Waals surface area contributed by atoms with Crippen LogP contribution in [0.25, 0.3) is 21.5 Å². The highest BCUT2D eigenvalue weighted by atomic mass is 16.5. The molecule has 1 aliphatic rings. The molecule has 14 nitrogen and oxygen atoms in total. The van der Waals surface area contributed by atoms with Crippen LogP contribution in [0.5, 0.6) is 5.75 Å². The van der Waals surface area contributed by atoms with E-state index in [1.165, 1.54) is 83.5 Å². The number of unbranched alkanes of at least 4 members (excludes halogenated alkanes) is 16. The van der Waals surface area contributed by atoms with E-state index in [-0.39, 0.29) is 17.8 Å². The van der Waals surface area contributed by atoms with Gasteiger partial charge < -0.3 is 25.2 Å². The lowest BCUT2D eigenvalue weighted by atomic mass is 10.0. The fourth-order valence-corrected chi connectivity index (χ4v) is 7.60. The van der Waals surface area contributed by atoms with Crippen molar-refractivity contribution >= 4 is 40.3 Å². The molecule has 0 aliphatic carbocycles. The Morgan fingerprint density at radius 3 is 2.07 bits per heavy atom. The molecule has 0 bridgehead atoms. The number of fused-ring (bicyclic) bond motifs is 1. The number of azide groups is 1. The maximum atomic E-state index is 13.0. The molecule has 3 aromatic rings. The molecule has 3 heterocycles. The Hall–Kier alpha value is -4.58. The summed E-state index contributed by atoms with van der Waals surface area (Å²) in [5.74, 6) is 1.67. The number of amides is 2. The van der Waals surface area contributed by atoms with E-state index >= 15 is 0 Å². The van der Waals surface area contributed by atoms with Gasteiger partial charge in [-0.3, -0.25) is 14.3 Å². The van der Waals surface area contributed by atoms with Gasteiger partial charge in [-0.25, -0.2) is 9.97 Å². The van der Waals surface area contributed by atoms with Crippen LogP contribution in [0, 0.1) is 0 Å². The molecule has 320 valence electrons. The summed E-state index contributed by atoms with van der Waals surface area (Å²) in [6, 6.07) is 6.18. The lowest BCUT2D eigenvalue weighted by molar-refractivity contribution is -0.131. The van der Waals surface area contributed by atoms with Gasteiger partial charge in [-0.05, 0) is 42.4 Å². The van der Waals surface area contributed by atoms with Gasteiger partial charge in [-0.2, -0.15) is 5.10 Å². The smallest absolute Gasteiger partial charge is 0.222 e. The average molecular weight is 802 g/mol. The Morgan fingerprint density at radius 2 is 1.43 bits per heavy atom. The molecule has 1 aliphatic heterocycles. The number of aromatic nitrogens is 4. The van der Waals surface area contributed by atoms with Crippen LogP contribution < -0.4 is 20.3 Å². The lowest BCUT2D eigenvalue weighted by Gasteiger charge is -2.36. The normalized spacial score (nSPS) is 12.8. The van der Waals surface area contributed by atoms with Gasteiger partial charge in [0.05, 0.1) is 19.9 Å². The minimum atomic E-state index is 0.0540. The van der Waals surface area contributed by atoms with Gasteiger partial charge in [-0.15, -0.1) is 0 Å². The van der Waals surface area contributed by atoms with Crippen LogP contribution in [0.4, 0.5) is 17.5 Å². The van der Waals surface area contributed by atoms with Gasteiger partial charge in [0.25, 0.3) is 0 Å². The Bertz CT molecular complexity index is 1700. The van der Waals surface area contributed by atoms with Crippen molar-refractivity contribution in [2.75, 3.05) is 56.6 Å². The number of anilines is 2. The third-order valence-corrected chi connectivity index (χ3v) is 11.1. The van der Waals surface area contributed by atoms with Crippen LogP contribution >= 0.6 is 0 Å². The predicted molar refractivity (Wildman–Crippen MR) is 235 cm³/mol. The standard InChI is InChI=1S/C44H71N11O3/c1-4-6-8-9-10-11-12-13-14-15-16-17-18-19-20-23-40(56)46-28-22-21-24-41(57)54-31-29-53(30-32-54)37-26-25-36(39(33-37)58-3)34-55-35-38-42(51-55)43(47-27-7-5-2)49-44(48-38)50-52-45/h25-26,33,35H,4-24,27-32,34H2,1-3H3,(H,46,56)(H,47,48,49). The molecule has 0 radical (unpaired) electrons. The second-order valence-electron chi connectivity index (χ2n) is 15.8. The number of hydrogen-bond donors (Lipinski definition) is 2. The SMILES string of the molecule is CCCCCCCCCCCCCCCCCC(=O)NCCCCC(=O)N1CCN(c2ccc(Cn3cc4nc(N=[N+]=[N-])nc(NCCCC)c4n3)c(OC)c2)CC1. The zero-order chi connectivity index (χ0) is 41.2. The van der Waals surface area contributed by atoms with E-state index < -0.39 is 0 Å². The number of rotatable bonds is 30. The molecule has 4 rings (SSSR count). The molecule has 0 saturated carbocycles. The van der Waals surface area contributed by atoms with Gasteiger partial charge in [0, 0.05) is 74.3 Å². The van der Waals surface area contributed by atoms with E-state index in [4.69, 9.17) is 15.4 Å². The van der Waals surface area contributed by atoms with Crippen molar-refractivity contribution in [1.82, 2.24) is 30.0 Å². The minimum Gasteiger partial charge on any atom is -0.496 e. The van der Waals surface area contributed by atoms with E-state index in [0.717, 1.165) is 75.2 Å². The number of piperazine rings is 1. The Kier molecular flexibility index (Phi) is 21.6. The Labute approximate surface area is 346 Å². The first-order valence-electron chi connectivity index (χ1n) is 22.5. The summed E-state index contributed by atoms with van der Waals surface area (Å²) in [6.45, 7) is 9.04. The van der Waals surface area contributed by atoms with Crippen LogP contribution in [-0.2, 0) is 16.1 Å². The summed E-state index contributed by atoms with van der Waals surface area (Å²) in [5.41, 5.74) is 12.1. The maximum absolute atomic E-state index is 13.0. The number of hydrogen-bond acceptors (Lipinski definition) is 9. The van der Waals surface area contributed by atoms with E-state index in [9.17, 15) is 9.59 Å². The van der Waals surface area contributed by atoms with Gasteiger partial charge in [0.1, 0.15) is 11.3 Å². The highest BCUT2D eigenvalue weighted by molar-refractivity contribution is 5.85. The first kappa shape index (κ1) is 46.1. The number of carbonyl (C=O) groups is 2. The van der Waals surface area contributed by atoms with Crippen molar-refractivity contribution in [2.45, 2.75) is 155 Å². The van der Waals surface area contributed by atoms with E-state index in [1.54, 1.807) is 11.8 Å². The summed E-state index contributed by atoms with van der Waals surface area (Å²) in [4.78, 5) is 41.1. The zero-order valence-electron chi connectivity index (χ0n) is 35.9. The van der Waals surface area contributed by atoms with Gasteiger partial charge in [-0.1, -0.05) is 116 Å². The number of nitrogens with one attached hydrogen (secondary N) is 2. The Morgan fingerprint density at radius 1 is 0.793 bits per heavy atom. The fraction of sp³-hybridized carbons (Fsp3) is 0.705. The lowest BCUT2D eigenvalue weighted by Crippen LogP contribution is -2.48. The zero-order valence-corrected chi connectivity index (χ0v) is 35.9. The molecular formula is C44H71N11O3. The van der Waals surface area contributed by atoms with Crippen LogP contribution in [0.2, 0.25) is 0 Å². The van der Waals surface area contributed by atoms with Crippen LogP contribution in [0.15, 0.2) is 29.5 Å².